The maximum Gasteiger partial charge on any atom is 0.0782 e. The number of hydrogen-bond acceptors (Lipinski definition) is 3. The zero-order valence-electron chi connectivity index (χ0n) is 11.1. The van der Waals surface area contributed by atoms with E-state index in [1.807, 2.05) is 6.92 Å². The van der Waals surface area contributed by atoms with Crippen molar-refractivity contribution in [3.05, 3.63) is 23.8 Å². The SMILES string of the molecule is Cc1nccnc1C(C)NC1CCCC(C)C1. The summed E-state index contributed by atoms with van der Waals surface area (Å²) >= 11 is 0. The predicted molar refractivity (Wildman–Crippen MR) is 69.7 cm³/mol. The normalized spacial score (nSPS) is 26.8. The fourth-order valence-electron chi connectivity index (χ4n) is 2.86. The summed E-state index contributed by atoms with van der Waals surface area (Å²) in [6.07, 6.45) is 8.87. The second-order valence-corrected chi connectivity index (χ2v) is 5.38. The first-order valence-corrected chi connectivity index (χ1v) is 6.70. The maximum absolute atomic E-state index is 4.44. The summed E-state index contributed by atoms with van der Waals surface area (Å²) in [5.41, 5.74) is 2.13. The van der Waals surface area contributed by atoms with Crippen LogP contribution >= 0.6 is 0 Å². The number of aryl methyl sites for hydroxylation is 1. The average Bonchev–Trinajstić information content (AvgIpc) is 2.29. The van der Waals surface area contributed by atoms with E-state index in [0.29, 0.717) is 12.1 Å². The molecule has 3 heteroatoms. The van der Waals surface area contributed by atoms with Crippen molar-refractivity contribution in [3.63, 3.8) is 0 Å². The largest absolute Gasteiger partial charge is 0.306 e. The van der Waals surface area contributed by atoms with Gasteiger partial charge in [-0.2, -0.15) is 0 Å². The van der Waals surface area contributed by atoms with Gasteiger partial charge in [-0.05, 0) is 32.6 Å². The van der Waals surface area contributed by atoms with Crippen molar-refractivity contribution < 1.29 is 0 Å². The summed E-state index contributed by atoms with van der Waals surface area (Å²) in [6, 6.07) is 0.953. The van der Waals surface area contributed by atoms with Crippen LogP contribution in [0.3, 0.4) is 0 Å². The van der Waals surface area contributed by atoms with Crippen molar-refractivity contribution in [2.45, 2.75) is 58.5 Å². The van der Waals surface area contributed by atoms with E-state index in [4.69, 9.17) is 0 Å². The predicted octanol–water partition coefficient (Wildman–Crippen LogP) is 3.01. The van der Waals surface area contributed by atoms with Gasteiger partial charge in [-0.25, -0.2) is 0 Å². The van der Waals surface area contributed by atoms with Gasteiger partial charge in [0.15, 0.2) is 0 Å². The number of aromatic nitrogens is 2. The number of rotatable bonds is 3. The molecule has 94 valence electrons. The highest BCUT2D eigenvalue weighted by Crippen LogP contribution is 2.25. The molecule has 1 saturated carbocycles. The lowest BCUT2D eigenvalue weighted by atomic mass is 9.86. The molecule has 3 atom stereocenters. The van der Waals surface area contributed by atoms with Crippen LogP contribution in [0.2, 0.25) is 0 Å². The lowest BCUT2D eigenvalue weighted by Gasteiger charge is -2.30. The molecule has 17 heavy (non-hydrogen) atoms. The van der Waals surface area contributed by atoms with Crippen LogP contribution in [-0.4, -0.2) is 16.0 Å². The molecular formula is C14H23N3. The Bertz CT molecular complexity index is 364. The second kappa shape index (κ2) is 5.58. The Balaban J connectivity index is 1.97. The van der Waals surface area contributed by atoms with Gasteiger partial charge >= 0.3 is 0 Å². The zero-order chi connectivity index (χ0) is 12.3. The molecule has 3 nitrogen and oxygen atoms in total. The summed E-state index contributed by atoms with van der Waals surface area (Å²) < 4.78 is 0. The van der Waals surface area contributed by atoms with E-state index < -0.39 is 0 Å². The summed E-state index contributed by atoms with van der Waals surface area (Å²) in [5, 5.41) is 3.70. The van der Waals surface area contributed by atoms with Crippen molar-refractivity contribution in [1.29, 1.82) is 0 Å². The molecule has 1 N–H and O–H groups in total. The van der Waals surface area contributed by atoms with Crippen molar-refractivity contribution in [1.82, 2.24) is 15.3 Å². The summed E-state index contributed by atoms with van der Waals surface area (Å²) in [5.74, 6) is 0.858. The Hall–Kier alpha value is -0.960. The van der Waals surface area contributed by atoms with Gasteiger partial charge in [0.1, 0.15) is 0 Å². The molecule has 1 heterocycles. The average molecular weight is 233 g/mol. The molecule has 1 fully saturated rings. The Morgan fingerprint density at radius 1 is 1.29 bits per heavy atom. The molecule has 1 aliphatic carbocycles. The number of nitrogens with one attached hydrogen (secondary N) is 1. The highest BCUT2D eigenvalue weighted by atomic mass is 15.0. The van der Waals surface area contributed by atoms with Crippen LogP contribution in [0.1, 0.15) is 57.0 Å². The topological polar surface area (TPSA) is 37.8 Å². The standard InChI is InChI=1S/C14H23N3/c1-10-5-4-6-13(9-10)17-12(3)14-11(2)15-7-8-16-14/h7-8,10,12-13,17H,4-6,9H2,1-3H3. The van der Waals surface area contributed by atoms with Gasteiger partial charge in [0.2, 0.25) is 0 Å². The van der Waals surface area contributed by atoms with Crippen LogP contribution in [0.25, 0.3) is 0 Å². The van der Waals surface area contributed by atoms with Gasteiger partial charge in [-0.3, -0.25) is 9.97 Å². The molecule has 1 aromatic rings. The Morgan fingerprint density at radius 2 is 2.06 bits per heavy atom. The third kappa shape index (κ3) is 3.25. The van der Waals surface area contributed by atoms with E-state index in [1.165, 1.54) is 25.7 Å². The van der Waals surface area contributed by atoms with Crippen LogP contribution in [0.15, 0.2) is 12.4 Å². The first-order valence-electron chi connectivity index (χ1n) is 6.70. The van der Waals surface area contributed by atoms with Gasteiger partial charge in [-0.1, -0.05) is 19.8 Å². The highest BCUT2D eigenvalue weighted by Gasteiger charge is 2.21. The molecule has 0 amide bonds. The Labute approximate surface area is 104 Å². The maximum atomic E-state index is 4.44. The minimum atomic E-state index is 0.305. The molecular weight excluding hydrogens is 210 g/mol. The summed E-state index contributed by atoms with van der Waals surface area (Å²) in [7, 11) is 0. The van der Waals surface area contributed by atoms with Gasteiger partial charge in [0, 0.05) is 24.5 Å². The van der Waals surface area contributed by atoms with Gasteiger partial charge in [0.05, 0.1) is 11.4 Å². The molecule has 1 aliphatic rings. The highest BCUT2D eigenvalue weighted by molar-refractivity contribution is 5.12. The van der Waals surface area contributed by atoms with E-state index in [0.717, 1.165) is 17.3 Å². The summed E-state index contributed by atoms with van der Waals surface area (Å²) in [6.45, 7) is 6.58. The van der Waals surface area contributed by atoms with E-state index in [2.05, 4.69) is 29.1 Å². The minimum absolute atomic E-state index is 0.305. The van der Waals surface area contributed by atoms with Crippen molar-refractivity contribution in [2.75, 3.05) is 0 Å². The number of nitrogens with zero attached hydrogens (tertiary/aromatic N) is 2. The summed E-state index contributed by atoms with van der Waals surface area (Å²) in [4.78, 5) is 8.74. The van der Waals surface area contributed by atoms with Crippen molar-refractivity contribution >= 4 is 0 Å². The smallest absolute Gasteiger partial charge is 0.0782 e. The van der Waals surface area contributed by atoms with E-state index in [9.17, 15) is 0 Å². The lowest BCUT2D eigenvalue weighted by molar-refractivity contribution is 0.284. The minimum Gasteiger partial charge on any atom is -0.306 e. The molecule has 0 aliphatic heterocycles. The molecule has 0 radical (unpaired) electrons. The van der Waals surface area contributed by atoms with Crippen LogP contribution in [0.4, 0.5) is 0 Å². The quantitative estimate of drug-likeness (QED) is 0.872. The molecule has 0 saturated heterocycles. The van der Waals surface area contributed by atoms with E-state index in [-0.39, 0.29) is 0 Å². The first kappa shape index (κ1) is 12.5. The molecule has 0 aromatic carbocycles. The van der Waals surface area contributed by atoms with Crippen molar-refractivity contribution in [3.8, 4) is 0 Å². The molecule has 0 bridgehead atoms. The third-order valence-electron chi connectivity index (χ3n) is 3.75. The molecule has 3 unspecified atom stereocenters. The van der Waals surface area contributed by atoms with Crippen molar-refractivity contribution in [2.24, 2.45) is 5.92 Å². The van der Waals surface area contributed by atoms with Crippen LogP contribution < -0.4 is 5.32 Å². The lowest BCUT2D eigenvalue weighted by Crippen LogP contribution is -2.35. The Morgan fingerprint density at radius 3 is 2.76 bits per heavy atom. The molecule has 2 rings (SSSR count). The van der Waals surface area contributed by atoms with Crippen LogP contribution in [0.5, 0.6) is 0 Å². The van der Waals surface area contributed by atoms with Gasteiger partial charge in [0.25, 0.3) is 0 Å². The third-order valence-corrected chi connectivity index (χ3v) is 3.75. The fourth-order valence-corrected chi connectivity index (χ4v) is 2.86. The van der Waals surface area contributed by atoms with Gasteiger partial charge < -0.3 is 5.32 Å². The molecule has 1 aromatic heterocycles. The zero-order valence-corrected chi connectivity index (χ0v) is 11.1. The number of hydrogen-bond donors (Lipinski definition) is 1. The van der Waals surface area contributed by atoms with Crippen LogP contribution in [-0.2, 0) is 0 Å². The van der Waals surface area contributed by atoms with E-state index >= 15 is 0 Å². The Kier molecular flexibility index (Phi) is 4.11. The van der Waals surface area contributed by atoms with Crippen LogP contribution in [0, 0.1) is 12.8 Å². The second-order valence-electron chi connectivity index (χ2n) is 5.38. The molecule has 0 spiro atoms. The van der Waals surface area contributed by atoms with E-state index in [1.54, 1.807) is 12.4 Å². The first-order chi connectivity index (χ1) is 8.16. The fraction of sp³-hybridized carbons (Fsp3) is 0.714. The van der Waals surface area contributed by atoms with Gasteiger partial charge in [-0.15, -0.1) is 0 Å². The monoisotopic (exact) mass is 233 g/mol.